The van der Waals surface area contributed by atoms with Crippen LogP contribution in [0.25, 0.3) is 10.8 Å². The standard InChI is InChI=1S/C7H4N4OS/c8-3-4-1-2-13-5(4)6-10-7(9)11-12-6/h1-2H,(H2,9,11). The van der Waals surface area contributed by atoms with E-state index < -0.39 is 0 Å². The summed E-state index contributed by atoms with van der Waals surface area (Å²) in [6.07, 6.45) is 0. The molecule has 2 aromatic rings. The van der Waals surface area contributed by atoms with Gasteiger partial charge in [0, 0.05) is 0 Å². The zero-order valence-corrected chi connectivity index (χ0v) is 7.21. The lowest BCUT2D eigenvalue weighted by atomic mass is 10.3. The average Bonchev–Trinajstić information content (AvgIpc) is 2.71. The Morgan fingerprint density at radius 3 is 3.08 bits per heavy atom. The number of hydrogen-bond donors (Lipinski definition) is 1. The first-order chi connectivity index (χ1) is 6.31. The molecule has 0 bridgehead atoms. The maximum Gasteiger partial charge on any atom is 0.270 e. The molecule has 13 heavy (non-hydrogen) atoms. The molecule has 2 heterocycles. The zero-order valence-electron chi connectivity index (χ0n) is 6.39. The molecule has 2 aromatic heterocycles. The Morgan fingerprint density at radius 1 is 1.62 bits per heavy atom. The van der Waals surface area contributed by atoms with Gasteiger partial charge in [0.05, 0.1) is 5.56 Å². The first-order valence-electron chi connectivity index (χ1n) is 3.38. The second-order valence-corrected chi connectivity index (χ2v) is 3.15. The molecule has 5 nitrogen and oxygen atoms in total. The van der Waals surface area contributed by atoms with Crippen molar-refractivity contribution in [3.63, 3.8) is 0 Å². The molecular formula is C7H4N4OS. The first-order valence-corrected chi connectivity index (χ1v) is 4.26. The van der Waals surface area contributed by atoms with Crippen LogP contribution in [0.5, 0.6) is 0 Å². The fourth-order valence-electron chi connectivity index (χ4n) is 0.890. The highest BCUT2D eigenvalue weighted by Gasteiger charge is 2.12. The molecule has 0 atom stereocenters. The van der Waals surface area contributed by atoms with Gasteiger partial charge in [-0.1, -0.05) is 0 Å². The summed E-state index contributed by atoms with van der Waals surface area (Å²) in [6.45, 7) is 0. The summed E-state index contributed by atoms with van der Waals surface area (Å²) in [5, 5.41) is 13.9. The molecule has 0 aromatic carbocycles. The van der Waals surface area contributed by atoms with Gasteiger partial charge >= 0.3 is 0 Å². The second-order valence-electron chi connectivity index (χ2n) is 2.23. The van der Waals surface area contributed by atoms with Crippen LogP contribution in [-0.4, -0.2) is 10.1 Å². The van der Waals surface area contributed by atoms with Gasteiger partial charge in [-0.05, 0) is 16.6 Å². The fraction of sp³-hybridized carbons (Fsp3) is 0. The van der Waals surface area contributed by atoms with E-state index in [9.17, 15) is 0 Å². The van der Waals surface area contributed by atoms with Gasteiger partial charge in [-0.2, -0.15) is 10.2 Å². The van der Waals surface area contributed by atoms with Crippen LogP contribution in [0, 0.1) is 11.3 Å². The Bertz CT molecular complexity index is 467. The maximum absolute atomic E-state index is 8.71. The van der Waals surface area contributed by atoms with Gasteiger partial charge in [-0.25, -0.2) is 0 Å². The number of nitrogen functional groups attached to an aromatic ring is 1. The maximum atomic E-state index is 8.71. The number of nitrogens with two attached hydrogens (primary N) is 1. The van der Waals surface area contributed by atoms with Gasteiger partial charge in [-0.3, -0.25) is 0 Å². The van der Waals surface area contributed by atoms with Crippen molar-refractivity contribution >= 4 is 17.3 Å². The van der Waals surface area contributed by atoms with Crippen molar-refractivity contribution in [1.82, 2.24) is 10.1 Å². The molecule has 0 fully saturated rings. The van der Waals surface area contributed by atoms with E-state index in [-0.39, 0.29) is 5.95 Å². The minimum Gasteiger partial charge on any atom is -0.365 e. The van der Waals surface area contributed by atoms with Crippen LogP contribution in [0.15, 0.2) is 16.0 Å². The molecule has 2 N–H and O–H groups in total. The van der Waals surface area contributed by atoms with Crippen molar-refractivity contribution < 1.29 is 4.52 Å². The molecular weight excluding hydrogens is 188 g/mol. The lowest BCUT2D eigenvalue weighted by molar-refractivity contribution is 0.434. The Labute approximate surface area is 77.4 Å². The summed E-state index contributed by atoms with van der Waals surface area (Å²) in [6, 6.07) is 3.72. The van der Waals surface area contributed by atoms with E-state index in [2.05, 4.69) is 10.1 Å². The summed E-state index contributed by atoms with van der Waals surface area (Å²) in [7, 11) is 0. The minimum absolute atomic E-state index is 0.0762. The van der Waals surface area contributed by atoms with Crippen LogP contribution >= 0.6 is 11.3 Å². The SMILES string of the molecule is N#Cc1ccsc1-c1nc(N)no1. The zero-order chi connectivity index (χ0) is 9.26. The Kier molecular flexibility index (Phi) is 1.72. The van der Waals surface area contributed by atoms with E-state index in [1.807, 2.05) is 6.07 Å². The highest BCUT2D eigenvalue weighted by atomic mass is 32.1. The Hall–Kier alpha value is -1.87. The van der Waals surface area contributed by atoms with E-state index in [1.54, 1.807) is 11.4 Å². The van der Waals surface area contributed by atoms with Crippen molar-refractivity contribution in [2.24, 2.45) is 0 Å². The molecule has 64 valence electrons. The number of thiophene rings is 1. The van der Waals surface area contributed by atoms with Gasteiger partial charge < -0.3 is 10.3 Å². The van der Waals surface area contributed by atoms with Crippen LogP contribution in [0.4, 0.5) is 5.95 Å². The van der Waals surface area contributed by atoms with Crippen molar-refractivity contribution in [2.45, 2.75) is 0 Å². The molecule has 0 unspecified atom stereocenters. The van der Waals surface area contributed by atoms with Crippen molar-refractivity contribution in [1.29, 1.82) is 5.26 Å². The third kappa shape index (κ3) is 1.25. The molecule has 0 aliphatic carbocycles. The van der Waals surface area contributed by atoms with Crippen molar-refractivity contribution in [3.8, 4) is 16.8 Å². The monoisotopic (exact) mass is 192 g/mol. The minimum atomic E-state index is 0.0762. The largest absolute Gasteiger partial charge is 0.365 e. The van der Waals surface area contributed by atoms with Crippen LogP contribution < -0.4 is 5.73 Å². The number of hydrogen-bond acceptors (Lipinski definition) is 6. The summed E-state index contributed by atoms with van der Waals surface area (Å²) in [4.78, 5) is 4.48. The summed E-state index contributed by atoms with van der Waals surface area (Å²) in [5.74, 6) is 0.372. The van der Waals surface area contributed by atoms with Gasteiger partial charge in [0.15, 0.2) is 0 Å². The highest BCUT2D eigenvalue weighted by molar-refractivity contribution is 7.13. The molecule has 0 saturated heterocycles. The van der Waals surface area contributed by atoms with Crippen LogP contribution in [0.2, 0.25) is 0 Å². The molecule has 0 aliphatic rings. The fourth-order valence-corrected chi connectivity index (χ4v) is 1.65. The van der Waals surface area contributed by atoms with Gasteiger partial charge in [-0.15, -0.1) is 11.3 Å². The van der Waals surface area contributed by atoms with Gasteiger partial charge in [0.2, 0.25) is 0 Å². The topological polar surface area (TPSA) is 88.7 Å². The van der Waals surface area contributed by atoms with E-state index in [0.29, 0.717) is 16.3 Å². The van der Waals surface area contributed by atoms with Crippen LogP contribution in [-0.2, 0) is 0 Å². The van der Waals surface area contributed by atoms with E-state index >= 15 is 0 Å². The van der Waals surface area contributed by atoms with Crippen LogP contribution in [0.1, 0.15) is 5.56 Å². The summed E-state index contributed by atoms with van der Waals surface area (Å²) < 4.78 is 4.82. The number of rotatable bonds is 1. The molecule has 0 saturated carbocycles. The molecule has 2 rings (SSSR count). The lowest BCUT2D eigenvalue weighted by Crippen LogP contribution is -1.85. The van der Waals surface area contributed by atoms with Gasteiger partial charge in [0.25, 0.3) is 11.8 Å². The first kappa shape index (κ1) is 7.76. The molecule has 0 radical (unpaired) electrons. The predicted octanol–water partition coefficient (Wildman–Crippen LogP) is 1.25. The second kappa shape index (κ2) is 2.88. The summed E-state index contributed by atoms with van der Waals surface area (Å²) in [5.41, 5.74) is 5.80. The number of nitriles is 1. The Balaban J connectivity index is 2.53. The summed E-state index contributed by atoms with van der Waals surface area (Å²) >= 11 is 1.37. The quantitative estimate of drug-likeness (QED) is 0.734. The van der Waals surface area contributed by atoms with E-state index in [1.165, 1.54) is 11.3 Å². The molecule has 0 amide bonds. The highest BCUT2D eigenvalue weighted by Crippen LogP contribution is 2.27. The smallest absolute Gasteiger partial charge is 0.270 e. The number of nitrogens with zero attached hydrogens (tertiary/aromatic N) is 3. The normalized spacial score (nSPS) is 9.77. The third-order valence-corrected chi connectivity index (χ3v) is 2.32. The molecule has 0 aliphatic heterocycles. The molecule has 0 spiro atoms. The Morgan fingerprint density at radius 2 is 2.46 bits per heavy atom. The van der Waals surface area contributed by atoms with Gasteiger partial charge in [0.1, 0.15) is 10.9 Å². The van der Waals surface area contributed by atoms with Crippen molar-refractivity contribution in [3.05, 3.63) is 17.0 Å². The number of anilines is 1. The average molecular weight is 192 g/mol. The lowest BCUT2D eigenvalue weighted by Gasteiger charge is -1.85. The number of aromatic nitrogens is 2. The van der Waals surface area contributed by atoms with E-state index in [0.717, 1.165) is 0 Å². The molecule has 6 heteroatoms. The van der Waals surface area contributed by atoms with E-state index in [4.69, 9.17) is 15.5 Å². The third-order valence-electron chi connectivity index (χ3n) is 1.42. The van der Waals surface area contributed by atoms with Crippen LogP contribution in [0.3, 0.4) is 0 Å². The predicted molar refractivity (Wildman–Crippen MR) is 46.7 cm³/mol. The van der Waals surface area contributed by atoms with Crippen molar-refractivity contribution in [2.75, 3.05) is 5.73 Å².